The first-order valence-electron chi connectivity index (χ1n) is 5.50. The van der Waals surface area contributed by atoms with E-state index in [2.05, 4.69) is 15.9 Å². The van der Waals surface area contributed by atoms with Crippen molar-refractivity contribution in [3.63, 3.8) is 0 Å². The van der Waals surface area contributed by atoms with Gasteiger partial charge in [0.1, 0.15) is 5.82 Å². The van der Waals surface area contributed by atoms with E-state index in [4.69, 9.17) is 4.74 Å². The first-order chi connectivity index (χ1) is 9.27. The maximum absolute atomic E-state index is 13.4. The van der Waals surface area contributed by atoms with Crippen LogP contribution in [0.4, 0.5) is 10.1 Å². The summed E-state index contributed by atoms with van der Waals surface area (Å²) >= 11 is 2.88. The number of hydrogen-bond donors (Lipinski definition) is 0. The highest BCUT2D eigenvalue weighted by Gasteiger charge is 2.43. The Morgan fingerprint density at radius 3 is 2.70 bits per heavy atom. The molecule has 0 spiro atoms. The molecule has 0 saturated carbocycles. The van der Waals surface area contributed by atoms with Crippen molar-refractivity contribution in [2.75, 3.05) is 6.61 Å². The fourth-order valence-corrected chi connectivity index (χ4v) is 1.92. The molecule has 20 heavy (non-hydrogen) atoms. The molecule has 0 radical (unpaired) electrons. The third-order valence-electron chi connectivity index (χ3n) is 2.68. The topological polar surface area (TPSA) is 93.2 Å². The molecule has 1 aromatic carbocycles. The van der Waals surface area contributed by atoms with E-state index in [9.17, 15) is 24.6 Å². The largest absolute Gasteiger partial charge is 0.465 e. The number of benzene rings is 1. The molecule has 0 aliphatic carbocycles. The number of nitrogens with zero attached hydrogens (tertiary/aromatic N) is 2. The molecular weight excluding hydrogens is 335 g/mol. The third-order valence-corrected chi connectivity index (χ3v) is 3.29. The maximum atomic E-state index is 13.4. The molecule has 0 aromatic heterocycles. The van der Waals surface area contributed by atoms with Gasteiger partial charge in [0.15, 0.2) is 5.41 Å². The number of esters is 1. The van der Waals surface area contributed by atoms with Crippen molar-refractivity contribution in [2.24, 2.45) is 0 Å². The first-order valence-corrected chi connectivity index (χ1v) is 6.29. The molecule has 0 fully saturated rings. The van der Waals surface area contributed by atoms with Crippen LogP contribution >= 0.6 is 15.9 Å². The van der Waals surface area contributed by atoms with Crippen LogP contribution in [0.15, 0.2) is 16.6 Å². The highest BCUT2D eigenvalue weighted by Crippen LogP contribution is 2.36. The molecule has 1 unspecified atom stereocenters. The molecule has 0 aliphatic rings. The highest BCUT2D eigenvalue weighted by molar-refractivity contribution is 9.10. The van der Waals surface area contributed by atoms with Crippen LogP contribution in [0.2, 0.25) is 0 Å². The monoisotopic (exact) mass is 344 g/mol. The number of rotatable bonds is 4. The summed E-state index contributed by atoms with van der Waals surface area (Å²) in [6, 6.07) is 3.41. The number of halogens is 2. The van der Waals surface area contributed by atoms with Gasteiger partial charge in [-0.15, -0.1) is 0 Å². The normalized spacial score (nSPS) is 13.2. The van der Waals surface area contributed by atoms with E-state index in [0.717, 1.165) is 6.07 Å². The number of carbonyl (C=O) groups excluding carboxylic acids is 1. The van der Waals surface area contributed by atoms with E-state index >= 15 is 0 Å². The van der Waals surface area contributed by atoms with Crippen LogP contribution in [0, 0.1) is 27.3 Å². The van der Waals surface area contributed by atoms with Gasteiger partial charge in [-0.1, -0.05) is 0 Å². The van der Waals surface area contributed by atoms with E-state index in [0.29, 0.717) is 6.07 Å². The minimum Gasteiger partial charge on any atom is -0.465 e. The zero-order valence-electron chi connectivity index (χ0n) is 10.6. The molecule has 0 heterocycles. The lowest BCUT2D eigenvalue weighted by atomic mass is 9.83. The van der Waals surface area contributed by atoms with E-state index < -0.39 is 27.8 Å². The zero-order chi connectivity index (χ0) is 15.5. The summed E-state index contributed by atoms with van der Waals surface area (Å²) in [6.45, 7) is 2.76. The van der Waals surface area contributed by atoms with Gasteiger partial charge < -0.3 is 4.74 Å². The molecule has 1 aromatic rings. The number of nitro benzene ring substituents is 1. The van der Waals surface area contributed by atoms with Crippen molar-refractivity contribution in [3.8, 4) is 6.07 Å². The molecule has 0 N–H and O–H groups in total. The quantitative estimate of drug-likeness (QED) is 0.475. The Morgan fingerprint density at radius 2 is 2.25 bits per heavy atom. The number of nitro groups is 1. The molecule has 0 saturated heterocycles. The van der Waals surface area contributed by atoms with Crippen molar-refractivity contribution in [1.82, 2.24) is 0 Å². The van der Waals surface area contributed by atoms with Gasteiger partial charge in [0.05, 0.1) is 33.7 Å². The van der Waals surface area contributed by atoms with Crippen LogP contribution < -0.4 is 0 Å². The van der Waals surface area contributed by atoms with Gasteiger partial charge in [-0.3, -0.25) is 10.1 Å². The summed E-state index contributed by atoms with van der Waals surface area (Å²) in [5.41, 5.74) is -2.77. The molecule has 106 valence electrons. The fourth-order valence-electron chi connectivity index (χ4n) is 1.58. The van der Waals surface area contributed by atoms with Crippen molar-refractivity contribution in [2.45, 2.75) is 19.3 Å². The van der Waals surface area contributed by atoms with Crippen molar-refractivity contribution in [1.29, 1.82) is 5.26 Å². The molecule has 6 nitrogen and oxygen atoms in total. The van der Waals surface area contributed by atoms with E-state index in [1.165, 1.54) is 6.92 Å². The Bertz CT molecular complexity index is 614. The van der Waals surface area contributed by atoms with Crippen molar-refractivity contribution >= 4 is 27.6 Å². The van der Waals surface area contributed by atoms with E-state index in [1.807, 2.05) is 0 Å². The molecule has 1 rings (SSSR count). The lowest BCUT2D eigenvalue weighted by molar-refractivity contribution is -0.386. The minimum absolute atomic E-state index is 0.0201. The first kappa shape index (κ1) is 16.0. The van der Waals surface area contributed by atoms with Crippen LogP contribution in [0.1, 0.15) is 19.4 Å². The van der Waals surface area contributed by atoms with Crippen molar-refractivity contribution < 1.29 is 18.8 Å². The summed E-state index contributed by atoms with van der Waals surface area (Å²) in [4.78, 5) is 22.0. The van der Waals surface area contributed by atoms with Gasteiger partial charge in [0, 0.05) is 0 Å². The standard InChI is InChI=1S/C12H10BrFN2O4/c1-3-20-11(17)12(2,6-15)7-4-8(13)9(14)5-10(7)16(18)19/h4-5H,3H2,1-2H3. The SMILES string of the molecule is CCOC(=O)C(C)(C#N)c1cc(Br)c(F)cc1[N+](=O)[O-]. The Kier molecular flexibility index (Phi) is 4.78. The van der Waals surface area contributed by atoms with E-state index in [1.54, 1.807) is 13.0 Å². The molecule has 8 heteroatoms. The van der Waals surface area contributed by atoms with Gasteiger partial charge in [-0.2, -0.15) is 5.26 Å². The molecular formula is C12H10BrFN2O4. The van der Waals surface area contributed by atoms with Crippen LogP contribution in [0.25, 0.3) is 0 Å². The Labute approximate surface area is 122 Å². The summed E-state index contributed by atoms with van der Waals surface area (Å²) in [5, 5.41) is 20.2. The molecule has 1 atom stereocenters. The second-order valence-corrected chi connectivity index (χ2v) is 4.85. The van der Waals surface area contributed by atoms with Gasteiger partial charge >= 0.3 is 5.97 Å². The van der Waals surface area contributed by atoms with Gasteiger partial charge in [0.25, 0.3) is 5.69 Å². The van der Waals surface area contributed by atoms with Crippen LogP contribution in [0.5, 0.6) is 0 Å². The van der Waals surface area contributed by atoms with Crippen LogP contribution in [0.3, 0.4) is 0 Å². The molecule has 0 amide bonds. The number of hydrogen-bond acceptors (Lipinski definition) is 5. The summed E-state index contributed by atoms with van der Waals surface area (Å²) in [6.07, 6.45) is 0. The van der Waals surface area contributed by atoms with Gasteiger partial charge in [-0.05, 0) is 35.8 Å². The average Bonchev–Trinajstić information content (AvgIpc) is 2.40. The summed E-state index contributed by atoms with van der Waals surface area (Å²) in [7, 11) is 0. The average molecular weight is 345 g/mol. The lowest BCUT2D eigenvalue weighted by Gasteiger charge is -2.20. The maximum Gasteiger partial charge on any atom is 0.331 e. The number of nitriles is 1. The van der Waals surface area contributed by atoms with Crippen molar-refractivity contribution in [3.05, 3.63) is 38.1 Å². The Balaban J connectivity index is 3.58. The summed E-state index contributed by atoms with van der Waals surface area (Å²) in [5.74, 6) is -1.78. The van der Waals surface area contributed by atoms with Gasteiger partial charge in [-0.25, -0.2) is 9.18 Å². The third kappa shape index (κ3) is 2.77. The predicted molar refractivity (Wildman–Crippen MR) is 70.4 cm³/mol. The van der Waals surface area contributed by atoms with E-state index in [-0.39, 0.29) is 16.6 Å². The number of ether oxygens (including phenoxy) is 1. The second kappa shape index (κ2) is 5.96. The van der Waals surface area contributed by atoms with Crippen LogP contribution in [-0.2, 0) is 14.9 Å². The Hall–Kier alpha value is -2.01. The highest BCUT2D eigenvalue weighted by atomic mass is 79.9. The lowest BCUT2D eigenvalue weighted by Crippen LogP contribution is -2.33. The molecule has 0 bridgehead atoms. The summed E-state index contributed by atoms with van der Waals surface area (Å²) < 4.78 is 18.1. The minimum atomic E-state index is -1.89. The zero-order valence-corrected chi connectivity index (χ0v) is 12.2. The van der Waals surface area contributed by atoms with Crippen LogP contribution in [-0.4, -0.2) is 17.5 Å². The predicted octanol–water partition coefficient (Wildman–Crippen LogP) is 2.84. The fraction of sp³-hybridized carbons (Fsp3) is 0.333. The Morgan fingerprint density at radius 1 is 1.65 bits per heavy atom. The smallest absolute Gasteiger partial charge is 0.331 e. The van der Waals surface area contributed by atoms with Gasteiger partial charge in [0.2, 0.25) is 0 Å². The second-order valence-electron chi connectivity index (χ2n) is 4.00. The number of carbonyl (C=O) groups is 1. The molecule has 0 aliphatic heterocycles.